The molecule has 1 aromatic heterocycles. The Balaban J connectivity index is 2.14. The Morgan fingerprint density at radius 3 is 3.00 bits per heavy atom. The summed E-state index contributed by atoms with van der Waals surface area (Å²) in [6.07, 6.45) is 0. The minimum Gasteiger partial charge on any atom is -0.431 e. The lowest BCUT2D eigenvalue weighted by Gasteiger charge is -2.00. The zero-order valence-electron chi connectivity index (χ0n) is 7.61. The van der Waals surface area contributed by atoms with E-state index in [1.807, 2.05) is 29.6 Å². The molecule has 15 heavy (non-hydrogen) atoms. The Morgan fingerprint density at radius 1 is 1.47 bits per heavy atom. The third kappa shape index (κ3) is 3.06. The van der Waals surface area contributed by atoms with Gasteiger partial charge >= 0.3 is 0 Å². The summed E-state index contributed by atoms with van der Waals surface area (Å²) in [4.78, 5) is 4.22. The van der Waals surface area contributed by atoms with Crippen molar-refractivity contribution in [1.82, 2.24) is 4.98 Å². The van der Waals surface area contributed by atoms with E-state index in [9.17, 15) is 0 Å². The molecule has 0 saturated heterocycles. The molecule has 0 N–H and O–H groups in total. The number of alkyl halides is 1. The smallest absolute Gasteiger partial charge is 0.278 e. The van der Waals surface area contributed by atoms with E-state index in [-0.39, 0.29) is 0 Å². The summed E-state index contributed by atoms with van der Waals surface area (Å²) < 4.78 is 6.72. The highest BCUT2D eigenvalue weighted by Crippen LogP contribution is 2.26. The van der Waals surface area contributed by atoms with Crippen molar-refractivity contribution in [2.45, 2.75) is 5.88 Å². The van der Waals surface area contributed by atoms with Gasteiger partial charge in [0.1, 0.15) is 5.75 Å². The molecule has 0 fully saturated rings. The maximum Gasteiger partial charge on any atom is 0.278 e. The number of ether oxygens (including phenoxy) is 1. The molecule has 0 spiro atoms. The molecule has 0 amide bonds. The molecule has 78 valence electrons. The Hall–Kier alpha value is -0.330. The van der Waals surface area contributed by atoms with Crippen LogP contribution in [0.3, 0.4) is 0 Å². The van der Waals surface area contributed by atoms with Gasteiger partial charge in [-0.1, -0.05) is 17.4 Å². The number of hydrogen-bond acceptors (Lipinski definition) is 3. The van der Waals surface area contributed by atoms with Gasteiger partial charge in [-0.2, -0.15) is 0 Å². The molecule has 0 saturated carbocycles. The van der Waals surface area contributed by atoms with E-state index in [0.29, 0.717) is 11.1 Å². The number of thiazole rings is 1. The second kappa shape index (κ2) is 5.14. The number of halogens is 2. The molecule has 0 aliphatic rings. The number of hydrogen-bond donors (Lipinski definition) is 0. The molecule has 0 bridgehead atoms. The average Bonchev–Trinajstić information content (AvgIpc) is 2.65. The highest BCUT2D eigenvalue weighted by Gasteiger charge is 2.03. The van der Waals surface area contributed by atoms with Crippen LogP contribution in [0, 0.1) is 3.57 Å². The molecule has 0 atom stereocenters. The molecule has 2 rings (SSSR count). The summed E-state index contributed by atoms with van der Waals surface area (Å²) >= 11 is 9.35. The summed E-state index contributed by atoms with van der Waals surface area (Å²) in [5.74, 6) is 1.23. The van der Waals surface area contributed by atoms with E-state index >= 15 is 0 Å². The SMILES string of the molecule is ClCc1csc(Oc2cccc(I)c2)n1. The van der Waals surface area contributed by atoms with Crippen LogP contribution in [0.5, 0.6) is 10.9 Å². The molecular formula is C10H7ClINOS. The lowest BCUT2D eigenvalue weighted by molar-refractivity contribution is 0.477. The number of rotatable bonds is 3. The van der Waals surface area contributed by atoms with Crippen molar-refractivity contribution in [2.75, 3.05) is 0 Å². The van der Waals surface area contributed by atoms with Crippen LogP contribution >= 0.6 is 45.5 Å². The van der Waals surface area contributed by atoms with Gasteiger partial charge in [-0.3, -0.25) is 0 Å². The van der Waals surface area contributed by atoms with Gasteiger partial charge in [0.2, 0.25) is 0 Å². The summed E-state index contributed by atoms with van der Waals surface area (Å²) in [6, 6.07) is 7.83. The van der Waals surface area contributed by atoms with Crippen molar-refractivity contribution >= 4 is 45.5 Å². The largest absolute Gasteiger partial charge is 0.431 e. The minimum atomic E-state index is 0.423. The van der Waals surface area contributed by atoms with Crippen molar-refractivity contribution in [3.05, 3.63) is 38.9 Å². The average molecular weight is 352 g/mol. The molecule has 0 radical (unpaired) electrons. The van der Waals surface area contributed by atoms with Gasteiger partial charge < -0.3 is 4.74 Å². The Labute approximate surface area is 110 Å². The quantitative estimate of drug-likeness (QED) is 0.608. The van der Waals surface area contributed by atoms with Crippen molar-refractivity contribution < 1.29 is 4.74 Å². The zero-order valence-corrected chi connectivity index (χ0v) is 11.3. The predicted molar refractivity (Wildman–Crippen MR) is 70.9 cm³/mol. The molecule has 2 nitrogen and oxygen atoms in total. The van der Waals surface area contributed by atoms with E-state index in [4.69, 9.17) is 16.3 Å². The Kier molecular flexibility index (Phi) is 3.82. The summed E-state index contributed by atoms with van der Waals surface area (Å²) in [5.41, 5.74) is 0.849. The van der Waals surface area contributed by atoms with Crippen molar-refractivity contribution in [3.8, 4) is 10.9 Å². The van der Waals surface area contributed by atoms with Crippen molar-refractivity contribution in [3.63, 3.8) is 0 Å². The Bertz CT molecular complexity index is 460. The summed E-state index contributed by atoms with van der Waals surface area (Å²) in [5, 5.41) is 2.53. The van der Waals surface area contributed by atoms with Gasteiger partial charge in [-0.05, 0) is 40.8 Å². The normalized spacial score (nSPS) is 10.3. The van der Waals surface area contributed by atoms with Gasteiger partial charge in [-0.25, -0.2) is 4.98 Å². The van der Waals surface area contributed by atoms with E-state index in [2.05, 4.69) is 27.6 Å². The Morgan fingerprint density at radius 2 is 2.33 bits per heavy atom. The summed E-state index contributed by atoms with van der Waals surface area (Å²) in [6.45, 7) is 0. The first kappa shape index (κ1) is 11.2. The third-order valence-corrected chi connectivity index (χ3v) is 3.38. The highest BCUT2D eigenvalue weighted by atomic mass is 127. The van der Waals surface area contributed by atoms with Crippen LogP contribution in [0.25, 0.3) is 0 Å². The first-order valence-corrected chi connectivity index (χ1v) is 6.71. The van der Waals surface area contributed by atoms with Crippen LogP contribution < -0.4 is 4.74 Å². The maximum absolute atomic E-state index is 5.66. The van der Waals surface area contributed by atoms with E-state index < -0.39 is 0 Å². The minimum absolute atomic E-state index is 0.423. The van der Waals surface area contributed by atoms with E-state index in [1.165, 1.54) is 11.3 Å². The van der Waals surface area contributed by atoms with Crippen LogP contribution in [0.15, 0.2) is 29.6 Å². The third-order valence-electron chi connectivity index (χ3n) is 1.67. The van der Waals surface area contributed by atoms with Crippen LogP contribution in [0.2, 0.25) is 0 Å². The van der Waals surface area contributed by atoms with Crippen LogP contribution in [0.1, 0.15) is 5.69 Å². The van der Waals surface area contributed by atoms with Crippen LogP contribution in [-0.4, -0.2) is 4.98 Å². The molecule has 1 heterocycles. The molecule has 0 unspecified atom stereocenters. The van der Waals surface area contributed by atoms with E-state index in [1.54, 1.807) is 0 Å². The molecule has 2 aromatic rings. The van der Waals surface area contributed by atoms with Gasteiger partial charge in [0.05, 0.1) is 11.6 Å². The second-order valence-corrected chi connectivity index (χ2v) is 5.13. The lowest BCUT2D eigenvalue weighted by atomic mass is 10.3. The van der Waals surface area contributed by atoms with Gasteiger partial charge in [0.25, 0.3) is 5.19 Å². The first-order chi connectivity index (χ1) is 7.28. The second-order valence-electron chi connectivity index (χ2n) is 2.80. The van der Waals surface area contributed by atoms with Crippen LogP contribution in [0.4, 0.5) is 0 Å². The van der Waals surface area contributed by atoms with Crippen molar-refractivity contribution in [1.29, 1.82) is 0 Å². The first-order valence-electron chi connectivity index (χ1n) is 4.22. The fourth-order valence-electron chi connectivity index (χ4n) is 1.03. The highest BCUT2D eigenvalue weighted by molar-refractivity contribution is 14.1. The van der Waals surface area contributed by atoms with Crippen LogP contribution in [-0.2, 0) is 5.88 Å². The fourth-order valence-corrected chi connectivity index (χ4v) is 2.46. The molecule has 1 aromatic carbocycles. The number of aromatic nitrogens is 1. The summed E-state index contributed by atoms with van der Waals surface area (Å²) in [7, 11) is 0. The maximum atomic E-state index is 5.66. The topological polar surface area (TPSA) is 22.1 Å². The van der Waals surface area contributed by atoms with E-state index in [0.717, 1.165) is 15.0 Å². The number of nitrogens with zero attached hydrogens (tertiary/aromatic N) is 1. The standard InChI is InChI=1S/C10H7ClINOS/c11-5-8-6-15-10(13-8)14-9-3-1-2-7(12)4-9/h1-4,6H,5H2. The predicted octanol–water partition coefficient (Wildman–Crippen LogP) is 4.28. The molecule has 5 heteroatoms. The van der Waals surface area contributed by atoms with Gasteiger partial charge in [-0.15, -0.1) is 11.6 Å². The van der Waals surface area contributed by atoms with Gasteiger partial charge in [0, 0.05) is 8.95 Å². The number of benzene rings is 1. The monoisotopic (exact) mass is 351 g/mol. The van der Waals surface area contributed by atoms with Crippen molar-refractivity contribution in [2.24, 2.45) is 0 Å². The molecule has 0 aliphatic heterocycles. The lowest BCUT2D eigenvalue weighted by Crippen LogP contribution is -1.84. The van der Waals surface area contributed by atoms with Gasteiger partial charge in [0.15, 0.2) is 0 Å². The molecular weight excluding hydrogens is 345 g/mol. The zero-order chi connectivity index (χ0) is 10.7. The fraction of sp³-hybridized carbons (Fsp3) is 0.100. The molecule has 0 aliphatic carbocycles.